The Hall–Kier alpha value is -0.120. The van der Waals surface area contributed by atoms with Gasteiger partial charge in [0.05, 0.1) is 6.10 Å². The number of piperidine rings is 1. The zero-order chi connectivity index (χ0) is 11.3. The molecule has 1 N–H and O–H groups in total. The summed E-state index contributed by atoms with van der Waals surface area (Å²) in [4.78, 5) is 2.47. The van der Waals surface area contributed by atoms with Crippen LogP contribution in [0.2, 0.25) is 0 Å². The molecule has 0 amide bonds. The van der Waals surface area contributed by atoms with Crippen LogP contribution in [0.1, 0.15) is 33.1 Å². The molecule has 90 valence electrons. The normalized spacial score (nSPS) is 27.6. The lowest BCUT2D eigenvalue weighted by atomic mass is 10.0. The van der Waals surface area contributed by atoms with Crippen LogP contribution in [0.25, 0.3) is 0 Å². The highest BCUT2D eigenvalue weighted by Crippen LogP contribution is 2.14. The molecule has 0 saturated carbocycles. The van der Waals surface area contributed by atoms with E-state index in [1.807, 2.05) is 0 Å². The maximum atomic E-state index is 5.30. The van der Waals surface area contributed by atoms with Crippen LogP contribution in [-0.2, 0) is 4.74 Å². The van der Waals surface area contributed by atoms with Crippen LogP contribution in [0.4, 0.5) is 0 Å². The van der Waals surface area contributed by atoms with Crippen LogP contribution in [0, 0.1) is 0 Å². The molecule has 0 radical (unpaired) electrons. The molecule has 3 atom stereocenters. The first-order chi connectivity index (χ1) is 7.15. The van der Waals surface area contributed by atoms with Crippen molar-refractivity contribution in [2.45, 2.75) is 51.3 Å². The molecule has 0 aliphatic carbocycles. The number of ether oxygens (including phenoxy) is 1. The van der Waals surface area contributed by atoms with E-state index in [2.05, 4.69) is 31.1 Å². The lowest BCUT2D eigenvalue weighted by Crippen LogP contribution is -2.47. The second-order valence-electron chi connectivity index (χ2n) is 4.77. The van der Waals surface area contributed by atoms with Crippen molar-refractivity contribution in [2.24, 2.45) is 0 Å². The molecular formula is C12H26N2O. The monoisotopic (exact) mass is 214 g/mol. The first kappa shape index (κ1) is 12.9. The quantitative estimate of drug-likeness (QED) is 0.750. The summed E-state index contributed by atoms with van der Waals surface area (Å²) in [6, 6.07) is 1.15. The van der Waals surface area contributed by atoms with Crippen LogP contribution in [0.3, 0.4) is 0 Å². The molecule has 1 rings (SSSR count). The van der Waals surface area contributed by atoms with Gasteiger partial charge in [-0.25, -0.2) is 0 Å². The molecule has 1 saturated heterocycles. The Morgan fingerprint density at radius 2 is 2.13 bits per heavy atom. The molecule has 0 bridgehead atoms. The minimum atomic E-state index is 0.291. The SMILES string of the molecule is COC(C)C(C)NCC1CCCCN1C. The molecule has 1 fully saturated rings. The van der Waals surface area contributed by atoms with E-state index in [-0.39, 0.29) is 0 Å². The standard InChI is InChI=1S/C12H26N2O/c1-10(11(2)15-4)13-9-12-7-5-6-8-14(12)3/h10-13H,5-9H2,1-4H3. The Morgan fingerprint density at radius 1 is 1.40 bits per heavy atom. The second kappa shape index (κ2) is 6.46. The number of likely N-dealkylation sites (N-methyl/N-ethyl adjacent to an activating group) is 1. The van der Waals surface area contributed by atoms with Gasteiger partial charge in [0, 0.05) is 25.7 Å². The fraction of sp³-hybridized carbons (Fsp3) is 1.00. The molecule has 1 aliphatic rings. The van der Waals surface area contributed by atoms with Crippen LogP contribution in [-0.4, -0.2) is 50.3 Å². The lowest BCUT2D eigenvalue weighted by Gasteiger charge is -2.34. The largest absolute Gasteiger partial charge is 0.380 e. The summed E-state index contributed by atoms with van der Waals surface area (Å²) in [6.45, 7) is 6.64. The molecule has 3 unspecified atom stereocenters. The highest BCUT2D eigenvalue weighted by Gasteiger charge is 2.20. The molecule has 0 spiro atoms. The van der Waals surface area contributed by atoms with Crippen LogP contribution in [0.5, 0.6) is 0 Å². The van der Waals surface area contributed by atoms with Gasteiger partial charge in [-0.3, -0.25) is 0 Å². The third-order valence-electron chi connectivity index (χ3n) is 3.67. The molecule has 3 heteroatoms. The molecule has 1 aliphatic heterocycles. The predicted molar refractivity (Wildman–Crippen MR) is 64.2 cm³/mol. The van der Waals surface area contributed by atoms with E-state index >= 15 is 0 Å². The maximum Gasteiger partial charge on any atom is 0.0693 e. The molecule has 0 aromatic carbocycles. The van der Waals surface area contributed by atoms with Crippen molar-refractivity contribution in [1.29, 1.82) is 0 Å². The highest BCUT2D eigenvalue weighted by atomic mass is 16.5. The van der Waals surface area contributed by atoms with Crippen molar-refractivity contribution in [3.63, 3.8) is 0 Å². The summed E-state index contributed by atoms with van der Waals surface area (Å²) in [7, 11) is 4.01. The number of hydrogen-bond acceptors (Lipinski definition) is 3. The van der Waals surface area contributed by atoms with Gasteiger partial charge in [0.25, 0.3) is 0 Å². The summed E-state index contributed by atoms with van der Waals surface area (Å²) in [5.74, 6) is 0. The maximum absolute atomic E-state index is 5.30. The summed E-state index contributed by atoms with van der Waals surface area (Å²) in [5, 5.41) is 3.57. The van der Waals surface area contributed by atoms with E-state index in [0.29, 0.717) is 18.2 Å². The average Bonchev–Trinajstić information content (AvgIpc) is 2.26. The molecule has 3 nitrogen and oxygen atoms in total. The van der Waals surface area contributed by atoms with E-state index < -0.39 is 0 Å². The topological polar surface area (TPSA) is 24.5 Å². The van der Waals surface area contributed by atoms with E-state index in [1.54, 1.807) is 7.11 Å². The minimum absolute atomic E-state index is 0.291. The summed E-state index contributed by atoms with van der Waals surface area (Å²) in [6.07, 6.45) is 4.36. The van der Waals surface area contributed by atoms with Crippen molar-refractivity contribution in [1.82, 2.24) is 10.2 Å². The van der Waals surface area contributed by atoms with Crippen LogP contribution >= 0.6 is 0 Å². The van der Waals surface area contributed by atoms with E-state index in [9.17, 15) is 0 Å². The summed E-state index contributed by atoms with van der Waals surface area (Å²) >= 11 is 0. The number of nitrogens with one attached hydrogen (secondary N) is 1. The van der Waals surface area contributed by atoms with Gasteiger partial charge in [-0.2, -0.15) is 0 Å². The summed E-state index contributed by atoms with van der Waals surface area (Å²) in [5.41, 5.74) is 0. The Morgan fingerprint density at radius 3 is 2.73 bits per heavy atom. The van der Waals surface area contributed by atoms with Gasteiger partial charge in [-0.05, 0) is 40.3 Å². The van der Waals surface area contributed by atoms with Gasteiger partial charge < -0.3 is 15.0 Å². The minimum Gasteiger partial charge on any atom is -0.380 e. The number of methoxy groups -OCH3 is 1. The van der Waals surface area contributed by atoms with Gasteiger partial charge in [0.1, 0.15) is 0 Å². The first-order valence-corrected chi connectivity index (χ1v) is 6.11. The zero-order valence-corrected chi connectivity index (χ0v) is 10.6. The predicted octanol–water partition coefficient (Wildman–Crippen LogP) is 1.48. The Labute approximate surface area is 94.2 Å². The molecule has 15 heavy (non-hydrogen) atoms. The van der Waals surface area contributed by atoms with Crippen molar-refractivity contribution in [3.05, 3.63) is 0 Å². The number of hydrogen-bond donors (Lipinski definition) is 1. The molecule has 0 aromatic rings. The fourth-order valence-electron chi connectivity index (χ4n) is 2.09. The second-order valence-corrected chi connectivity index (χ2v) is 4.77. The van der Waals surface area contributed by atoms with Crippen LogP contribution < -0.4 is 5.32 Å². The average molecular weight is 214 g/mol. The lowest BCUT2D eigenvalue weighted by molar-refractivity contribution is 0.0830. The van der Waals surface area contributed by atoms with E-state index in [4.69, 9.17) is 4.74 Å². The smallest absolute Gasteiger partial charge is 0.0693 e. The fourth-order valence-corrected chi connectivity index (χ4v) is 2.09. The van der Waals surface area contributed by atoms with Gasteiger partial charge in [-0.1, -0.05) is 6.42 Å². The summed E-state index contributed by atoms with van der Waals surface area (Å²) < 4.78 is 5.30. The Kier molecular flexibility index (Phi) is 5.58. The number of nitrogens with zero attached hydrogens (tertiary/aromatic N) is 1. The van der Waals surface area contributed by atoms with Gasteiger partial charge in [0.2, 0.25) is 0 Å². The first-order valence-electron chi connectivity index (χ1n) is 6.11. The van der Waals surface area contributed by atoms with Crippen molar-refractivity contribution in [2.75, 3.05) is 27.2 Å². The molecule has 0 aromatic heterocycles. The van der Waals surface area contributed by atoms with E-state index in [1.165, 1.54) is 25.8 Å². The molecule has 1 heterocycles. The van der Waals surface area contributed by atoms with Crippen molar-refractivity contribution >= 4 is 0 Å². The van der Waals surface area contributed by atoms with Gasteiger partial charge >= 0.3 is 0 Å². The van der Waals surface area contributed by atoms with Gasteiger partial charge in [-0.15, -0.1) is 0 Å². The highest BCUT2D eigenvalue weighted by molar-refractivity contribution is 4.78. The zero-order valence-electron chi connectivity index (χ0n) is 10.6. The molecular weight excluding hydrogens is 188 g/mol. The number of rotatable bonds is 5. The third-order valence-corrected chi connectivity index (χ3v) is 3.67. The van der Waals surface area contributed by atoms with Gasteiger partial charge in [0.15, 0.2) is 0 Å². The van der Waals surface area contributed by atoms with Crippen molar-refractivity contribution in [3.8, 4) is 0 Å². The van der Waals surface area contributed by atoms with E-state index in [0.717, 1.165) is 6.54 Å². The van der Waals surface area contributed by atoms with Crippen molar-refractivity contribution < 1.29 is 4.74 Å². The Bertz CT molecular complexity index is 175. The Balaban J connectivity index is 2.23. The third kappa shape index (κ3) is 4.09. The van der Waals surface area contributed by atoms with Crippen LogP contribution in [0.15, 0.2) is 0 Å². The number of likely N-dealkylation sites (tertiary alicyclic amines) is 1.